The smallest absolute Gasteiger partial charge is 0.231 e. The van der Waals surface area contributed by atoms with Gasteiger partial charge in [-0.2, -0.15) is 4.98 Å². The van der Waals surface area contributed by atoms with Gasteiger partial charge in [0, 0.05) is 14.1 Å². The van der Waals surface area contributed by atoms with E-state index in [1.54, 1.807) is 20.4 Å². The van der Waals surface area contributed by atoms with E-state index >= 15 is 0 Å². The zero-order valence-electron chi connectivity index (χ0n) is 11.9. The molecule has 2 rings (SSSR count). The molecular weight excluding hydrogens is 276 g/mol. The number of nitrogens with zero attached hydrogens (tertiary/aromatic N) is 3. The van der Waals surface area contributed by atoms with Crippen molar-refractivity contribution in [1.82, 2.24) is 9.97 Å². The number of ether oxygens (including phenoxy) is 1. The van der Waals surface area contributed by atoms with Gasteiger partial charge < -0.3 is 15.0 Å². The maximum absolute atomic E-state index is 6.00. The molecule has 0 amide bonds. The van der Waals surface area contributed by atoms with Crippen molar-refractivity contribution < 1.29 is 4.74 Å². The molecule has 0 spiro atoms. The molecule has 1 aromatic heterocycles. The zero-order chi connectivity index (χ0) is 14.7. The Hall–Kier alpha value is -2.01. The van der Waals surface area contributed by atoms with Crippen LogP contribution in [0.3, 0.4) is 0 Å². The number of aromatic nitrogens is 2. The summed E-state index contributed by atoms with van der Waals surface area (Å²) in [6.45, 7) is 2.02. The number of hydrogen-bond donors (Lipinski definition) is 1. The van der Waals surface area contributed by atoms with E-state index in [4.69, 9.17) is 16.3 Å². The highest BCUT2D eigenvalue weighted by atomic mass is 35.5. The van der Waals surface area contributed by atoms with Gasteiger partial charge in [0.25, 0.3) is 0 Å². The molecule has 1 aromatic carbocycles. The second-order valence-corrected chi connectivity index (χ2v) is 4.76. The quantitative estimate of drug-likeness (QED) is 0.937. The van der Waals surface area contributed by atoms with Gasteiger partial charge in [0.2, 0.25) is 5.95 Å². The van der Waals surface area contributed by atoms with Gasteiger partial charge in [0.05, 0.1) is 19.0 Å². The van der Waals surface area contributed by atoms with Crippen molar-refractivity contribution in [2.75, 3.05) is 31.4 Å². The first-order chi connectivity index (χ1) is 9.56. The van der Waals surface area contributed by atoms with Crippen molar-refractivity contribution in [3.8, 4) is 5.75 Å². The SMILES string of the molecule is CNc1nc(N(C)c2ccc(C)cc2OC)ncc1Cl. The number of rotatable bonds is 4. The Labute approximate surface area is 123 Å². The highest BCUT2D eigenvalue weighted by molar-refractivity contribution is 6.32. The Bertz CT molecular complexity index is 618. The molecular formula is C14H17ClN4O. The van der Waals surface area contributed by atoms with Crippen LogP contribution in [0.25, 0.3) is 0 Å². The maximum atomic E-state index is 6.00. The topological polar surface area (TPSA) is 50.3 Å². The van der Waals surface area contributed by atoms with Crippen LogP contribution in [0, 0.1) is 6.92 Å². The van der Waals surface area contributed by atoms with Gasteiger partial charge in [-0.05, 0) is 24.6 Å². The average Bonchev–Trinajstić information content (AvgIpc) is 2.46. The summed E-state index contributed by atoms with van der Waals surface area (Å²) in [6, 6.07) is 5.97. The average molecular weight is 293 g/mol. The largest absolute Gasteiger partial charge is 0.495 e. The fourth-order valence-electron chi connectivity index (χ4n) is 1.86. The van der Waals surface area contributed by atoms with Crippen LogP contribution in [0.15, 0.2) is 24.4 Å². The van der Waals surface area contributed by atoms with E-state index in [-0.39, 0.29) is 0 Å². The maximum Gasteiger partial charge on any atom is 0.231 e. The van der Waals surface area contributed by atoms with E-state index in [9.17, 15) is 0 Å². The molecule has 1 heterocycles. The summed E-state index contributed by atoms with van der Waals surface area (Å²) in [5.74, 6) is 1.91. The standard InChI is InChI=1S/C14H17ClN4O/c1-9-5-6-11(12(7-9)20-4)19(3)14-17-8-10(15)13(16-2)18-14/h5-8H,1-4H3,(H,16,17,18). The van der Waals surface area contributed by atoms with Gasteiger partial charge in [0.15, 0.2) is 0 Å². The summed E-state index contributed by atoms with van der Waals surface area (Å²) >= 11 is 6.00. The summed E-state index contributed by atoms with van der Waals surface area (Å²) in [5, 5.41) is 3.43. The molecule has 106 valence electrons. The molecule has 20 heavy (non-hydrogen) atoms. The molecule has 0 radical (unpaired) electrons. The number of hydrogen-bond acceptors (Lipinski definition) is 5. The van der Waals surface area contributed by atoms with E-state index < -0.39 is 0 Å². The molecule has 0 unspecified atom stereocenters. The predicted octanol–water partition coefficient (Wildman–Crippen LogP) is 3.26. The highest BCUT2D eigenvalue weighted by Gasteiger charge is 2.14. The van der Waals surface area contributed by atoms with Crippen LogP contribution in [0.1, 0.15) is 5.56 Å². The van der Waals surface area contributed by atoms with E-state index in [0.717, 1.165) is 17.0 Å². The summed E-state index contributed by atoms with van der Waals surface area (Å²) in [6.07, 6.45) is 1.58. The van der Waals surface area contributed by atoms with Crippen molar-refractivity contribution in [2.45, 2.75) is 6.92 Å². The van der Waals surface area contributed by atoms with Crippen LogP contribution in [0.4, 0.5) is 17.5 Å². The molecule has 0 aliphatic rings. The lowest BCUT2D eigenvalue weighted by Crippen LogP contribution is -2.15. The van der Waals surface area contributed by atoms with Crippen molar-refractivity contribution in [2.24, 2.45) is 0 Å². The van der Waals surface area contributed by atoms with Crippen LogP contribution in [-0.4, -0.2) is 31.2 Å². The monoisotopic (exact) mass is 292 g/mol. The van der Waals surface area contributed by atoms with Gasteiger partial charge >= 0.3 is 0 Å². The van der Waals surface area contributed by atoms with E-state index in [1.807, 2.05) is 37.1 Å². The predicted molar refractivity (Wildman–Crippen MR) is 82.4 cm³/mol. The number of halogens is 1. The minimum absolute atomic E-state index is 0.487. The molecule has 2 aromatic rings. The van der Waals surface area contributed by atoms with E-state index in [0.29, 0.717) is 16.8 Å². The Morgan fingerprint density at radius 2 is 2.10 bits per heavy atom. The van der Waals surface area contributed by atoms with Gasteiger partial charge in [0.1, 0.15) is 16.6 Å². The number of aryl methyl sites for hydroxylation is 1. The Balaban J connectivity index is 2.43. The number of methoxy groups -OCH3 is 1. The second-order valence-electron chi connectivity index (χ2n) is 4.35. The van der Waals surface area contributed by atoms with E-state index in [1.165, 1.54) is 0 Å². The summed E-state index contributed by atoms with van der Waals surface area (Å²) in [5.41, 5.74) is 2.02. The minimum Gasteiger partial charge on any atom is -0.495 e. The molecule has 6 heteroatoms. The van der Waals surface area contributed by atoms with Gasteiger partial charge in [-0.3, -0.25) is 0 Å². The molecule has 0 bridgehead atoms. The van der Waals surface area contributed by atoms with Gasteiger partial charge in [-0.25, -0.2) is 4.98 Å². The molecule has 0 aliphatic carbocycles. The fraction of sp³-hybridized carbons (Fsp3) is 0.286. The van der Waals surface area contributed by atoms with Crippen LogP contribution in [-0.2, 0) is 0 Å². The Morgan fingerprint density at radius 3 is 2.75 bits per heavy atom. The molecule has 0 saturated carbocycles. The van der Waals surface area contributed by atoms with Crippen molar-refractivity contribution in [1.29, 1.82) is 0 Å². The molecule has 0 aliphatic heterocycles. The third-order valence-electron chi connectivity index (χ3n) is 2.96. The number of nitrogens with one attached hydrogen (secondary N) is 1. The Morgan fingerprint density at radius 1 is 1.35 bits per heavy atom. The van der Waals surface area contributed by atoms with Gasteiger partial charge in [-0.1, -0.05) is 17.7 Å². The normalized spacial score (nSPS) is 10.2. The lowest BCUT2D eigenvalue weighted by Gasteiger charge is -2.20. The first-order valence-corrected chi connectivity index (χ1v) is 6.53. The zero-order valence-corrected chi connectivity index (χ0v) is 12.7. The molecule has 0 fully saturated rings. The lowest BCUT2D eigenvalue weighted by atomic mass is 10.2. The summed E-state index contributed by atoms with van der Waals surface area (Å²) in [4.78, 5) is 10.5. The number of benzene rings is 1. The van der Waals surface area contributed by atoms with Crippen LogP contribution < -0.4 is 15.0 Å². The third-order valence-corrected chi connectivity index (χ3v) is 3.24. The first-order valence-electron chi connectivity index (χ1n) is 6.15. The van der Waals surface area contributed by atoms with Crippen LogP contribution >= 0.6 is 11.6 Å². The molecule has 0 saturated heterocycles. The van der Waals surface area contributed by atoms with Gasteiger partial charge in [-0.15, -0.1) is 0 Å². The van der Waals surface area contributed by atoms with Crippen LogP contribution in [0.2, 0.25) is 5.02 Å². The Kier molecular flexibility index (Phi) is 4.29. The molecule has 5 nitrogen and oxygen atoms in total. The second kappa shape index (κ2) is 5.96. The first kappa shape index (κ1) is 14.4. The lowest BCUT2D eigenvalue weighted by molar-refractivity contribution is 0.415. The number of anilines is 3. The molecule has 1 N–H and O–H groups in total. The fourth-order valence-corrected chi connectivity index (χ4v) is 2.05. The van der Waals surface area contributed by atoms with Crippen molar-refractivity contribution >= 4 is 29.1 Å². The summed E-state index contributed by atoms with van der Waals surface area (Å²) < 4.78 is 5.41. The third kappa shape index (κ3) is 2.77. The summed E-state index contributed by atoms with van der Waals surface area (Å²) in [7, 11) is 5.30. The molecule has 0 atom stereocenters. The van der Waals surface area contributed by atoms with Crippen molar-refractivity contribution in [3.05, 3.63) is 35.0 Å². The van der Waals surface area contributed by atoms with E-state index in [2.05, 4.69) is 15.3 Å². The van der Waals surface area contributed by atoms with Crippen molar-refractivity contribution in [3.63, 3.8) is 0 Å². The van der Waals surface area contributed by atoms with Crippen LogP contribution in [0.5, 0.6) is 5.75 Å². The highest BCUT2D eigenvalue weighted by Crippen LogP contribution is 2.32. The minimum atomic E-state index is 0.487.